The minimum absolute atomic E-state index is 0.0145. The summed E-state index contributed by atoms with van der Waals surface area (Å²) < 4.78 is 37.9. The van der Waals surface area contributed by atoms with Crippen molar-refractivity contribution in [3.05, 3.63) is 59.4 Å². The van der Waals surface area contributed by atoms with Crippen LogP contribution in [-0.4, -0.2) is 23.0 Å². The van der Waals surface area contributed by atoms with Gasteiger partial charge in [-0.3, -0.25) is 14.8 Å². The number of Topliss-reactive ketones (excluding diaryl/α,β-unsaturated/α-hetero) is 1. The number of alkyl halides is 3. The largest absolute Gasteiger partial charge is 0.417 e. The van der Waals surface area contributed by atoms with E-state index in [9.17, 15) is 23.2 Å². The summed E-state index contributed by atoms with van der Waals surface area (Å²) in [6.07, 6.45) is -3.02. The maximum Gasteiger partial charge on any atom is 0.417 e. The van der Waals surface area contributed by atoms with Crippen LogP contribution in [0.1, 0.15) is 40.9 Å². The fourth-order valence-corrected chi connectivity index (χ4v) is 2.73. The molecule has 2 aromatic rings. The van der Waals surface area contributed by atoms with Crippen molar-refractivity contribution in [3.8, 4) is 6.07 Å². The van der Waals surface area contributed by atoms with Gasteiger partial charge in [0.1, 0.15) is 0 Å². The van der Waals surface area contributed by atoms with E-state index in [1.807, 2.05) is 18.0 Å². The number of carbonyl (C=O) groups is 1. The van der Waals surface area contributed by atoms with E-state index in [2.05, 4.69) is 10.1 Å². The van der Waals surface area contributed by atoms with Crippen molar-refractivity contribution in [2.45, 2.75) is 25.4 Å². The van der Waals surface area contributed by atoms with Crippen molar-refractivity contribution in [1.29, 1.82) is 5.26 Å². The molecule has 1 aromatic heterocycles. The van der Waals surface area contributed by atoms with Gasteiger partial charge in [-0.15, -0.1) is 0 Å². The van der Waals surface area contributed by atoms with Crippen molar-refractivity contribution in [2.24, 2.45) is 5.10 Å². The maximum atomic E-state index is 12.6. The highest BCUT2D eigenvalue weighted by Crippen LogP contribution is 2.30. The van der Waals surface area contributed by atoms with Crippen molar-refractivity contribution >= 4 is 17.2 Å². The Labute approximate surface area is 153 Å². The molecule has 0 aliphatic carbocycles. The van der Waals surface area contributed by atoms with Crippen LogP contribution in [0, 0.1) is 11.3 Å². The number of ketones is 1. The topological polar surface area (TPSA) is 69.3 Å². The minimum Gasteiger partial charge on any atom is -0.292 e. The highest BCUT2D eigenvalue weighted by Gasteiger charge is 2.31. The molecule has 0 saturated carbocycles. The molecule has 0 fully saturated rings. The zero-order chi connectivity index (χ0) is 19.6. The average Bonchev–Trinajstić information content (AvgIpc) is 3.08. The lowest BCUT2D eigenvalue weighted by Gasteiger charge is -2.14. The van der Waals surface area contributed by atoms with Crippen LogP contribution >= 0.6 is 0 Å². The Hall–Kier alpha value is -3.21. The van der Waals surface area contributed by atoms with E-state index in [4.69, 9.17) is 0 Å². The monoisotopic (exact) mass is 372 g/mol. The van der Waals surface area contributed by atoms with Gasteiger partial charge in [-0.05, 0) is 43.3 Å². The summed E-state index contributed by atoms with van der Waals surface area (Å²) >= 11 is 0. The second-order valence-electron chi connectivity index (χ2n) is 6.15. The summed E-state index contributed by atoms with van der Waals surface area (Å²) in [7, 11) is 0. The molecule has 5 nitrogen and oxygen atoms in total. The second kappa shape index (κ2) is 7.19. The molecule has 0 saturated heterocycles. The molecule has 1 atom stereocenters. The van der Waals surface area contributed by atoms with Crippen LogP contribution in [0.25, 0.3) is 0 Å². The van der Waals surface area contributed by atoms with Gasteiger partial charge < -0.3 is 0 Å². The third-order valence-electron chi connectivity index (χ3n) is 4.23. The van der Waals surface area contributed by atoms with Gasteiger partial charge in [-0.25, -0.2) is 0 Å². The number of carbonyl (C=O) groups excluding carboxylic acids is 1. The van der Waals surface area contributed by atoms with Gasteiger partial charge in [-0.1, -0.05) is 0 Å². The Morgan fingerprint density at radius 1 is 1.22 bits per heavy atom. The van der Waals surface area contributed by atoms with E-state index in [1.165, 1.54) is 0 Å². The van der Waals surface area contributed by atoms with Gasteiger partial charge in [0.25, 0.3) is 0 Å². The summed E-state index contributed by atoms with van der Waals surface area (Å²) in [5.74, 6) is -1.79. The number of rotatable bonds is 4. The second-order valence-corrected chi connectivity index (χ2v) is 6.15. The van der Waals surface area contributed by atoms with Crippen LogP contribution in [0.5, 0.6) is 0 Å². The fraction of sp³-hybridized carbons (Fsp3) is 0.263. The van der Waals surface area contributed by atoms with Gasteiger partial charge in [0, 0.05) is 30.4 Å². The number of hydrogen-bond donors (Lipinski definition) is 0. The number of hydrogen-bond acceptors (Lipinski definition) is 5. The number of aromatic nitrogens is 1. The number of nitrogens with zero attached hydrogens (tertiary/aromatic N) is 4. The molecule has 0 amide bonds. The summed E-state index contributed by atoms with van der Waals surface area (Å²) in [6.45, 7) is 2.70. The first-order valence-corrected chi connectivity index (χ1v) is 8.18. The molecule has 138 valence electrons. The molecule has 27 heavy (non-hydrogen) atoms. The first-order chi connectivity index (χ1) is 12.8. The van der Waals surface area contributed by atoms with Gasteiger partial charge in [0.05, 0.1) is 23.0 Å². The van der Waals surface area contributed by atoms with E-state index < -0.39 is 23.4 Å². The molecule has 3 rings (SSSR count). The molecular formula is C19H15F3N4O. The Morgan fingerprint density at radius 2 is 1.93 bits per heavy atom. The maximum absolute atomic E-state index is 12.6. The molecule has 1 aromatic carbocycles. The van der Waals surface area contributed by atoms with Gasteiger partial charge in [0.15, 0.2) is 11.7 Å². The molecular weight excluding hydrogens is 357 g/mol. The summed E-state index contributed by atoms with van der Waals surface area (Å²) in [6, 6.07) is 10.3. The van der Waals surface area contributed by atoms with Crippen molar-refractivity contribution < 1.29 is 18.0 Å². The van der Waals surface area contributed by atoms with Gasteiger partial charge >= 0.3 is 6.18 Å². The molecule has 1 aliphatic heterocycles. The molecule has 1 aliphatic rings. The highest BCUT2D eigenvalue weighted by atomic mass is 19.4. The van der Waals surface area contributed by atoms with Crippen LogP contribution in [0.15, 0.2) is 47.7 Å². The van der Waals surface area contributed by atoms with E-state index in [0.29, 0.717) is 6.20 Å². The third-order valence-corrected chi connectivity index (χ3v) is 4.23. The molecule has 0 spiro atoms. The van der Waals surface area contributed by atoms with Crippen molar-refractivity contribution in [1.82, 2.24) is 4.98 Å². The van der Waals surface area contributed by atoms with E-state index in [0.717, 1.165) is 36.5 Å². The summed E-state index contributed by atoms with van der Waals surface area (Å²) in [5, 5.41) is 15.5. The van der Waals surface area contributed by atoms with Crippen LogP contribution in [-0.2, 0) is 6.18 Å². The SMILES string of the molecule is CC1=NN(c2ccc(C(=O)[C@H](C#N)c3ccc(C(F)(F)F)cn3)cc2)CC1. The van der Waals surface area contributed by atoms with Crippen LogP contribution in [0.4, 0.5) is 18.9 Å². The van der Waals surface area contributed by atoms with E-state index in [1.54, 1.807) is 24.3 Å². The quantitative estimate of drug-likeness (QED) is 0.755. The lowest BCUT2D eigenvalue weighted by atomic mass is 9.95. The molecule has 0 bridgehead atoms. The number of pyridine rings is 1. The standard InChI is InChI=1S/C19H15F3N4O/c1-12-8-9-26(25-12)15-5-2-13(3-6-15)18(27)16(10-23)17-7-4-14(11-24-17)19(20,21)22/h2-7,11,16H,8-9H2,1H3/t16-/m1/s1. The number of halogens is 3. The smallest absolute Gasteiger partial charge is 0.292 e. The van der Waals surface area contributed by atoms with Gasteiger partial charge in [-0.2, -0.15) is 23.5 Å². The first-order valence-electron chi connectivity index (χ1n) is 8.18. The normalized spacial score (nSPS) is 15.2. The number of benzene rings is 1. The van der Waals surface area contributed by atoms with Crippen LogP contribution in [0.3, 0.4) is 0 Å². The Morgan fingerprint density at radius 3 is 2.41 bits per heavy atom. The molecule has 0 radical (unpaired) electrons. The van der Waals surface area contributed by atoms with E-state index in [-0.39, 0.29) is 11.3 Å². The molecule has 0 N–H and O–H groups in total. The third kappa shape index (κ3) is 3.97. The molecule has 8 heteroatoms. The Balaban J connectivity index is 1.80. The highest BCUT2D eigenvalue weighted by molar-refractivity contribution is 6.02. The zero-order valence-corrected chi connectivity index (χ0v) is 14.4. The lowest BCUT2D eigenvalue weighted by molar-refractivity contribution is -0.137. The van der Waals surface area contributed by atoms with Crippen LogP contribution < -0.4 is 5.01 Å². The number of hydrazone groups is 1. The predicted octanol–water partition coefficient (Wildman–Crippen LogP) is 4.18. The van der Waals surface area contributed by atoms with Crippen molar-refractivity contribution in [3.63, 3.8) is 0 Å². The van der Waals surface area contributed by atoms with E-state index >= 15 is 0 Å². The van der Waals surface area contributed by atoms with Crippen LogP contribution in [0.2, 0.25) is 0 Å². The Bertz CT molecular complexity index is 912. The zero-order valence-electron chi connectivity index (χ0n) is 14.4. The number of anilines is 1. The molecule has 2 heterocycles. The summed E-state index contributed by atoms with van der Waals surface area (Å²) in [4.78, 5) is 16.3. The molecule has 0 unspecified atom stereocenters. The summed E-state index contributed by atoms with van der Waals surface area (Å²) in [5.41, 5.74) is 1.19. The number of nitriles is 1. The average molecular weight is 372 g/mol. The Kier molecular flexibility index (Phi) is 4.95. The lowest BCUT2D eigenvalue weighted by Crippen LogP contribution is -2.15. The predicted molar refractivity (Wildman–Crippen MR) is 93.4 cm³/mol. The minimum atomic E-state index is -4.52. The first kappa shape index (κ1) is 18.6. The van der Waals surface area contributed by atoms with Gasteiger partial charge in [0.2, 0.25) is 0 Å². The fourth-order valence-electron chi connectivity index (χ4n) is 2.73. The van der Waals surface area contributed by atoms with Crippen molar-refractivity contribution in [2.75, 3.05) is 11.6 Å².